The molecule has 0 spiro atoms. The summed E-state index contributed by atoms with van der Waals surface area (Å²) in [6.45, 7) is 8.96. The second-order valence-electron chi connectivity index (χ2n) is 5.16. The van der Waals surface area contributed by atoms with Crippen molar-refractivity contribution in [3.8, 4) is 0 Å². The first kappa shape index (κ1) is 15.6. The minimum atomic E-state index is 0.595. The van der Waals surface area contributed by atoms with Crippen LogP contribution in [0.1, 0.15) is 38.3 Å². The fourth-order valence-corrected chi connectivity index (χ4v) is 2.85. The van der Waals surface area contributed by atoms with Gasteiger partial charge in [0.2, 0.25) is 0 Å². The monoisotopic (exact) mass is 265 g/mol. The van der Waals surface area contributed by atoms with Crippen molar-refractivity contribution in [3.05, 3.63) is 35.4 Å². The topological polar surface area (TPSA) is 12.0 Å². The van der Waals surface area contributed by atoms with Gasteiger partial charge in [-0.1, -0.05) is 36.8 Å². The predicted octanol–water partition coefficient (Wildman–Crippen LogP) is 4.05. The Morgan fingerprint density at radius 2 is 2.00 bits per heavy atom. The zero-order valence-corrected chi connectivity index (χ0v) is 13.0. The van der Waals surface area contributed by atoms with Gasteiger partial charge in [0.1, 0.15) is 0 Å². The average Bonchev–Trinajstić information content (AvgIpc) is 2.34. The fourth-order valence-electron chi connectivity index (χ4n) is 2.16. The molecule has 2 heteroatoms. The lowest BCUT2D eigenvalue weighted by molar-refractivity contribution is 0.469. The zero-order chi connectivity index (χ0) is 13.4. The maximum Gasteiger partial charge on any atom is 0.0132 e. The van der Waals surface area contributed by atoms with Crippen LogP contribution in [0.2, 0.25) is 0 Å². The standard InChI is InChI=1S/C16H27NS/c1-5-18-12-15(4)17-14(3)9-10-16-8-6-7-13(2)11-16/h6-8,11,14-15,17H,5,9-10,12H2,1-4H3. The van der Waals surface area contributed by atoms with Crippen LogP contribution in [0.3, 0.4) is 0 Å². The number of thioether (sulfide) groups is 1. The summed E-state index contributed by atoms with van der Waals surface area (Å²) < 4.78 is 0. The molecule has 18 heavy (non-hydrogen) atoms. The Hall–Kier alpha value is -0.470. The highest BCUT2D eigenvalue weighted by Crippen LogP contribution is 2.09. The molecule has 2 atom stereocenters. The van der Waals surface area contributed by atoms with Gasteiger partial charge in [-0.05, 0) is 44.9 Å². The van der Waals surface area contributed by atoms with Crippen LogP contribution >= 0.6 is 11.8 Å². The Bertz CT molecular complexity index is 338. The third-order valence-corrected chi connectivity index (χ3v) is 4.23. The van der Waals surface area contributed by atoms with Crippen LogP contribution in [0.4, 0.5) is 0 Å². The van der Waals surface area contributed by atoms with Gasteiger partial charge in [-0.3, -0.25) is 0 Å². The lowest BCUT2D eigenvalue weighted by atomic mass is 10.0. The molecule has 0 aromatic heterocycles. The first-order valence-corrected chi connectivity index (χ1v) is 8.16. The van der Waals surface area contributed by atoms with E-state index in [1.165, 1.54) is 35.5 Å². The lowest BCUT2D eigenvalue weighted by Gasteiger charge is -2.19. The normalized spacial score (nSPS) is 14.4. The Balaban J connectivity index is 2.26. The Morgan fingerprint density at radius 3 is 2.67 bits per heavy atom. The first-order valence-electron chi connectivity index (χ1n) is 7.01. The predicted molar refractivity (Wildman–Crippen MR) is 84.6 cm³/mol. The maximum absolute atomic E-state index is 3.68. The third-order valence-electron chi connectivity index (χ3n) is 3.09. The van der Waals surface area contributed by atoms with Crippen molar-refractivity contribution in [2.75, 3.05) is 11.5 Å². The van der Waals surface area contributed by atoms with Gasteiger partial charge >= 0.3 is 0 Å². The fraction of sp³-hybridized carbons (Fsp3) is 0.625. The van der Waals surface area contributed by atoms with E-state index in [9.17, 15) is 0 Å². The van der Waals surface area contributed by atoms with Gasteiger partial charge in [-0.2, -0.15) is 11.8 Å². The molecule has 0 aliphatic heterocycles. The minimum absolute atomic E-state index is 0.595. The zero-order valence-electron chi connectivity index (χ0n) is 12.2. The van der Waals surface area contributed by atoms with E-state index < -0.39 is 0 Å². The molecule has 0 heterocycles. The van der Waals surface area contributed by atoms with Gasteiger partial charge in [0.25, 0.3) is 0 Å². The average molecular weight is 265 g/mol. The van der Waals surface area contributed by atoms with Crippen molar-refractivity contribution in [2.24, 2.45) is 0 Å². The quantitative estimate of drug-likeness (QED) is 0.761. The Morgan fingerprint density at radius 1 is 1.22 bits per heavy atom. The summed E-state index contributed by atoms with van der Waals surface area (Å²) in [4.78, 5) is 0. The number of aryl methyl sites for hydroxylation is 2. The van der Waals surface area contributed by atoms with Crippen LogP contribution < -0.4 is 5.32 Å². The summed E-state index contributed by atoms with van der Waals surface area (Å²) in [5.41, 5.74) is 2.82. The highest BCUT2D eigenvalue weighted by atomic mass is 32.2. The minimum Gasteiger partial charge on any atom is -0.311 e. The van der Waals surface area contributed by atoms with Gasteiger partial charge in [-0.25, -0.2) is 0 Å². The molecule has 0 radical (unpaired) electrons. The van der Waals surface area contributed by atoms with Crippen molar-refractivity contribution < 1.29 is 0 Å². The van der Waals surface area contributed by atoms with Crippen molar-refractivity contribution in [2.45, 2.75) is 52.6 Å². The molecule has 0 saturated heterocycles. The van der Waals surface area contributed by atoms with Crippen molar-refractivity contribution in [3.63, 3.8) is 0 Å². The van der Waals surface area contributed by atoms with Gasteiger partial charge in [-0.15, -0.1) is 0 Å². The molecule has 0 fully saturated rings. The molecule has 0 bridgehead atoms. The Kier molecular flexibility index (Phi) is 7.45. The van der Waals surface area contributed by atoms with E-state index in [-0.39, 0.29) is 0 Å². The van der Waals surface area contributed by atoms with E-state index in [0.717, 1.165) is 0 Å². The lowest BCUT2D eigenvalue weighted by Crippen LogP contribution is -2.36. The van der Waals surface area contributed by atoms with Crippen molar-refractivity contribution in [1.82, 2.24) is 5.32 Å². The van der Waals surface area contributed by atoms with Gasteiger partial charge in [0, 0.05) is 17.8 Å². The third kappa shape index (κ3) is 6.46. The van der Waals surface area contributed by atoms with Crippen molar-refractivity contribution in [1.29, 1.82) is 0 Å². The molecule has 1 aromatic carbocycles. The van der Waals surface area contributed by atoms with Gasteiger partial charge in [0.05, 0.1) is 0 Å². The number of benzene rings is 1. The number of rotatable bonds is 8. The highest BCUT2D eigenvalue weighted by molar-refractivity contribution is 7.99. The summed E-state index contributed by atoms with van der Waals surface area (Å²) in [6.07, 6.45) is 2.38. The van der Waals surface area contributed by atoms with E-state index in [2.05, 4.69) is 57.3 Å². The molecule has 1 rings (SSSR count). The second kappa shape index (κ2) is 8.60. The van der Waals surface area contributed by atoms with Gasteiger partial charge in [0.15, 0.2) is 0 Å². The highest BCUT2D eigenvalue weighted by Gasteiger charge is 2.07. The van der Waals surface area contributed by atoms with Crippen LogP contribution in [0, 0.1) is 6.92 Å². The van der Waals surface area contributed by atoms with E-state index >= 15 is 0 Å². The largest absolute Gasteiger partial charge is 0.311 e. The van der Waals surface area contributed by atoms with Crippen LogP contribution in [0.5, 0.6) is 0 Å². The molecule has 1 aromatic rings. The molecule has 0 aliphatic carbocycles. The maximum atomic E-state index is 3.68. The molecular weight excluding hydrogens is 238 g/mol. The molecule has 1 nitrogen and oxygen atoms in total. The molecule has 0 aliphatic rings. The molecule has 2 unspecified atom stereocenters. The summed E-state index contributed by atoms with van der Waals surface area (Å²) in [6, 6.07) is 10.1. The van der Waals surface area contributed by atoms with Crippen LogP contribution in [0.15, 0.2) is 24.3 Å². The van der Waals surface area contributed by atoms with Crippen LogP contribution in [0.25, 0.3) is 0 Å². The van der Waals surface area contributed by atoms with Crippen molar-refractivity contribution >= 4 is 11.8 Å². The van der Waals surface area contributed by atoms with Gasteiger partial charge < -0.3 is 5.32 Å². The molecular formula is C16H27NS. The van der Waals surface area contributed by atoms with E-state index in [4.69, 9.17) is 0 Å². The van der Waals surface area contributed by atoms with E-state index in [1.54, 1.807) is 0 Å². The van der Waals surface area contributed by atoms with Crippen LogP contribution in [-0.4, -0.2) is 23.6 Å². The number of hydrogen-bond acceptors (Lipinski definition) is 2. The first-order chi connectivity index (χ1) is 8.61. The summed E-state index contributed by atoms with van der Waals surface area (Å²) in [5.74, 6) is 2.43. The number of hydrogen-bond donors (Lipinski definition) is 1. The SMILES string of the molecule is CCSCC(C)NC(C)CCc1cccc(C)c1. The van der Waals surface area contributed by atoms with E-state index in [0.29, 0.717) is 12.1 Å². The number of nitrogens with one attached hydrogen (secondary N) is 1. The summed E-state index contributed by atoms with van der Waals surface area (Å²) in [7, 11) is 0. The molecule has 102 valence electrons. The smallest absolute Gasteiger partial charge is 0.0132 e. The van der Waals surface area contributed by atoms with Crippen LogP contribution in [-0.2, 0) is 6.42 Å². The summed E-state index contributed by atoms with van der Waals surface area (Å²) >= 11 is 2.01. The second-order valence-corrected chi connectivity index (χ2v) is 6.47. The van der Waals surface area contributed by atoms with E-state index in [1.807, 2.05) is 11.8 Å². The molecule has 0 saturated carbocycles. The molecule has 1 N–H and O–H groups in total. The Labute approximate surface area is 117 Å². The molecule has 0 amide bonds. The summed E-state index contributed by atoms with van der Waals surface area (Å²) in [5, 5.41) is 3.68.